The summed E-state index contributed by atoms with van der Waals surface area (Å²) in [4.78, 5) is 33.7. The highest BCUT2D eigenvalue weighted by atomic mass is 16.2. The van der Waals surface area contributed by atoms with Crippen LogP contribution in [0.4, 0.5) is 0 Å². The van der Waals surface area contributed by atoms with Gasteiger partial charge >= 0.3 is 0 Å². The average molecular weight is 364 g/mol. The number of pyridine rings is 2. The van der Waals surface area contributed by atoms with E-state index in [1.165, 1.54) is 0 Å². The number of amides is 2. The molecule has 2 bridgehead atoms. The molecule has 6 heteroatoms. The average Bonchev–Trinajstić information content (AvgIpc) is 2.92. The summed E-state index contributed by atoms with van der Waals surface area (Å²) in [6.07, 6.45) is 8.68. The second-order valence-corrected chi connectivity index (χ2v) is 7.94. The minimum absolute atomic E-state index is 0.135. The molecule has 2 aromatic rings. The van der Waals surface area contributed by atoms with Gasteiger partial charge in [-0.15, -0.1) is 0 Å². The predicted octanol–water partition coefficient (Wildman–Crippen LogP) is 2.79. The molecule has 2 amide bonds. The number of hydrogen-bond acceptors (Lipinski definition) is 4. The Hall–Kier alpha value is -2.76. The van der Waals surface area contributed by atoms with Crippen LogP contribution in [0.15, 0.2) is 42.7 Å². The largest absolute Gasteiger partial charge is 0.345 e. The molecule has 2 heterocycles. The summed E-state index contributed by atoms with van der Waals surface area (Å²) in [5.74, 6) is -0.274. The van der Waals surface area contributed by atoms with Crippen molar-refractivity contribution in [2.24, 2.45) is 0 Å². The van der Waals surface area contributed by atoms with Gasteiger partial charge in [-0.05, 0) is 69.2 Å². The van der Waals surface area contributed by atoms with Crippen molar-refractivity contribution in [3.63, 3.8) is 0 Å². The zero-order valence-electron chi connectivity index (χ0n) is 15.5. The van der Waals surface area contributed by atoms with Crippen LogP contribution in [0.1, 0.15) is 65.1 Å². The van der Waals surface area contributed by atoms with Gasteiger partial charge in [0.25, 0.3) is 11.8 Å². The Bertz CT molecular complexity index is 852. The Labute approximate surface area is 158 Å². The van der Waals surface area contributed by atoms with Gasteiger partial charge in [0.1, 0.15) is 11.4 Å². The summed E-state index contributed by atoms with van der Waals surface area (Å²) >= 11 is 0. The Morgan fingerprint density at radius 2 is 1.56 bits per heavy atom. The van der Waals surface area contributed by atoms with Gasteiger partial charge in [0, 0.05) is 23.5 Å². The van der Waals surface area contributed by atoms with E-state index in [0.717, 1.165) is 44.1 Å². The van der Waals surface area contributed by atoms with Crippen LogP contribution in [0, 0.1) is 6.92 Å². The number of hydrogen-bond donors (Lipinski definition) is 2. The molecule has 6 nitrogen and oxygen atoms in total. The lowest BCUT2D eigenvalue weighted by atomic mass is 9.78. The third-order valence-electron chi connectivity index (χ3n) is 5.87. The number of fused-ring (bicyclic) bond motifs is 2. The Morgan fingerprint density at radius 3 is 2.11 bits per heavy atom. The smallest absolute Gasteiger partial charge is 0.270 e. The maximum atomic E-state index is 12.7. The highest BCUT2D eigenvalue weighted by Crippen LogP contribution is 2.48. The van der Waals surface area contributed by atoms with E-state index in [4.69, 9.17) is 0 Å². The molecule has 27 heavy (non-hydrogen) atoms. The fraction of sp³-hybridized carbons (Fsp3) is 0.429. The SMILES string of the molecule is Cc1ccc(C(=O)NC23CCCC(NC(=O)c4ccccn4)(CC2)C3)nc1. The van der Waals surface area contributed by atoms with E-state index < -0.39 is 0 Å². The summed E-state index contributed by atoms with van der Waals surface area (Å²) in [5, 5.41) is 6.45. The molecule has 140 valence electrons. The summed E-state index contributed by atoms with van der Waals surface area (Å²) in [7, 11) is 0. The van der Waals surface area contributed by atoms with Crippen LogP contribution in [0.3, 0.4) is 0 Å². The third-order valence-corrected chi connectivity index (χ3v) is 5.87. The summed E-state index contributed by atoms with van der Waals surface area (Å²) in [6.45, 7) is 1.95. The number of aromatic nitrogens is 2. The minimum Gasteiger partial charge on any atom is -0.345 e. The standard InChI is InChI=1S/C21H24N4O2/c1-15-6-7-17(23-13-15)19(27)25-21-9-4-8-20(14-21,10-11-21)24-18(26)16-5-2-3-12-22-16/h2-3,5-7,12-13H,4,8-11,14H2,1H3,(H,24,26)(H,25,27). The molecule has 0 aromatic carbocycles. The second-order valence-electron chi connectivity index (χ2n) is 7.94. The van der Waals surface area contributed by atoms with Crippen molar-refractivity contribution in [2.45, 2.75) is 56.5 Å². The van der Waals surface area contributed by atoms with Crippen LogP contribution >= 0.6 is 0 Å². The molecular formula is C21H24N4O2. The van der Waals surface area contributed by atoms with Gasteiger partial charge in [-0.25, -0.2) is 0 Å². The molecule has 0 radical (unpaired) electrons. The van der Waals surface area contributed by atoms with Gasteiger partial charge in [0.05, 0.1) is 0 Å². The monoisotopic (exact) mass is 364 g/mol. The molecular weight excluding hydrogens is 340 g/mol. The molecule has 2 N–H and O–H groups in total. The predicted molar refractivity (Wildman–Crippen MR) is 101 cm³/mol. The Morgan fingerprint density at radius 1 is 0.889 bits per heavy atom. The molecule has 2 aliphatic rings. The fourth-order valence-corrected chi connectivity index (χ4v) is 4.54. The highest BCUT2D eigenvalue weighted by molar-refractivity contribution is 5.93. The van der Waals surface area contributed by atoms with Crippen molar-refractivity contribution < 1.29 is 9.59 Å². The van der Waals surface area contributed by atoms with Crippen LogP contribution in [0.25, 0.3) is 0 Å². The first-order valence-corrected chi connectivity index (χ1v) is 9.48. The van der Waals surface area contributed by atoms with Crippen LogP contribution < -0.4 is 10.6 Å². The highest BCUT2D eigenvalue weighted by Gasteiger charge is 2.52. The fourth-order valence-electron chi connectivity index (χ4n) is 4.54. The number of nitrogens with one attached hydrogen (secondary N) is 2. The summed E-state index contributed by atoms with van der Waals surface area (Å²) in [5.41, 5.74) is 1.37. The van der Waals surface area contributed by atoms with E-state index in [1.54, 1.807) is 30.6 Å². The van der Waals surface area contributed by atoms with Gasteiger partial charge in [-0.1, -0.05) is 12.1 Å². The third kappa shape index (κ3) is 3.56. The molecule has 4 rings (SSSR count). The molecule has 2 saturated carbocycles. The number of nitrogens with zero attached hydrogens (tertiary/aromatic N) is 2. The summed E-state index contributed by atoms with van der Waals surface area (Å²) in [6, 6.07) is 8.99. The number of carbonyl (C=O) groups is 2. The first-order chi connectivity index (χ1) is 13.0. The topological polar surface area (TPSA) is 84.0 Å². The van der Waals surface area contributed by atoms with Gasteiger partial charge in [0.2, 0.25) is 0 Å². The van der Waals surface area contributed by atoms with Gasteiger partial charge in [-0.3, -0.25) is 19.6 Å². The molecule has 0 aliphatic heterocycles. The van der Waals surface area contributed by atoms with Crippen LogP contribution in [0.2, 0.25) is 0 Å². The van der Waals surface area contributed by atoms with Gasteiger partial charge < -0.3 is 10.6 Å². The van der Waals surface area contributed by atoms with Gasteiger partial charge in [-0.2, -0.15) is 0 Å². The lowest BCUT2D eigenvalue weighted by Crippen LogP contribution is -2.55. The van der Waals surface area contributed by atoms with Crippen molar-refractivity contribution in [3.05, 3.63) is 59.7 Å². The number of rotatable bonds is 4. The van der Waals surface area contributed by atoms with E-state index in [9.17, 15) is 9.59 Å². The van der Waals surface area contributed by atoms with Crippen molar-refractivity contribution in [1.29, 1.82) is 0 Å². The molecule has 0 spiro atoms. The van der Waals surface area contributed by atoms with E-state index >= 15 is 0 Å². The molecule has 2 atom stereocenters. The van der Waals surface area contributed by atoms with Crippen molar-refractivity contribution in [1.82, 2.24) is 20.6 Å². The van der Waals surface area contributed by atoms with Crippen LogP contribution in [0.5, 0.6) is 0 Å². The van der Waals surface area contributed by atoms with Crippen LogP contribution in [-0.2, 0) is 0 Å². The van der Waals surface area contributed by atoms with Crippen molar-refractivity contribution in [3.8, 4) is 0 Å². The van der Waals surface area contributed by atoms with E-state index in [-0.39, 0.29) is 22.9 Å². The summed E-state index contributed by atoms with van der Waals surface area (Å²) < 4.78 is 0. The molecule has 2 aliphatic carbocycles. The minimum atomic E-state index is -0.265. The van der Waals surface area contributed by atoms with Crippen molar-refractivity contribution >= 4 is 11.8 Å². The van der Waals surface area contributed by atoms with Crippen LogP contribution in [-0.4, -0.2) is 32.9 Å². The lowest BCUT2D eigenvalue weighted by molar-refractivity contribution is 0.0827. The zero-order valence-corrected chi connectivity index (χ0v) is 15.5. The molecule has 0 saturated heterocycles. The number of carbonyl (C=O) groups excluding carboxylic acids is 2. The maximum Gasteiger partial charge on any atom is 0.270 e. The first-order valence-electron chi connectivity index (χ1n) is 9.48. The second kappa shape index (κ2) is 6.76. The molecule has 2 fully saturated rings. The Kier molecular flexibility index (Phi) is 4.42. The van der Waals surface area contributed by atoms with E-state index in [2.05, 4.69) is 20.6 Å². The maximum absolute atomic E-state index is 12.7. The van der Waals surface area contributed by atoms with Gasteiger partial charge in [0.15, 0.2) is 0 Å². The van der Waals surface area contributed by atoms with Crippen molar-refractivity contribution in [2.75, 3.05) is 0 Å². The molecule has 2 unspecified atom stereocenters. The van der Waals surface area contributed by atoms with E-state index in [1.807, 2.05) is 19.1 Å². The zero-order chi connectivity index (χ0) is 18.9. The van der Waals surface area contributed by atoms with E-state index in [0.29, 0.717) is 11.4 Å². The molecule has 2 aromatic heterocycles. The Balaban J connectivity index is 1.47. The quantitative estimate of drug-likeness (QED) is 0.874. The normalized spacial score (nSPS) is 26.4. The first kappa shape index (κ1) is 17.6. The number of aryl methyl sites for hydroxylation is 1. The lowest BCUT2D eigenvalue weighted by Gasteiger charge is -2.40.